The molecule has 1 aliphatic rings. The SMILES string of the molecule is Cc1cc(C(=O)Cc2cccc(C(C)C)c2)cc(N2CCc3nc(CS)ncc3C2)c1. The first-order valence-corrected chi connectivity index (χ1v) is 11.5. The number of carbonyl (C=O) groups excluding carboxylic acids is 1. The topological polar surface area (TPSA) is 46.1 Å². The number of Topliss-reactive ketones (excluding diaryl/α,β-unsaturated/α-hetero) is 1. The summed E-state index contributed by atoms with van der Waals surface area (Å²) < 4.78 is 0. The Morgan fingerprint density at radius 1 is 1.19 bits per heavy atom. The van der Waals surface area contributed by atoms with Crippen molar-refractivity contribution < 1.29 is 4.79 Å². The molecule has 0 radical (unpaired) electrons. The van der Waals surface area contributed by atoms with Gasteiger partial charge < -0.3 is 4.90 Å². The summed E-state index contributed by atoms with van der Waals surface area (Å²) in [5.41, 5.74) is 7.57. The third kappa shape index (κ3) is 4.99. The molecule has 1 aromatic heterocycles. The third-order valence-electron chi connectivity index (χ3n) is 5.86. The predicted octanol–water partition coefficient (Wildman–Crippen LogP) is 5.33. The van der Waals surface area contributed by atoms with E-state index in [1.165, 1.54) is 5.56 Å². The van der Waals surface area contributed by atoms with Crippen molar-refractivity contribution in [2.75, 3.05) is 11.4 Å². The number of rotatable bonds is 6. The van der Waals surface area contributed by atoms with Gasteiger partial charge in [-0.05, 0) is 47.7 Å². The molecule has 0 N–H and O–H groups in total. The smallest absolute Gasteiger partial charge is 0.167 e. The molecule has 4 rings (SSSR count). The van der Waals surface area contributed by atoms with E-state index < -0.39 is 0 Å². The maximum absolute atomic E-state index is 13.1. The molecule has 0 atom stereocenters. The molecule has 2 aromatic carbocycles. The van der Waals surface area contributed by atoms with Gasteiger partial charge in [0.05, 0.1) is 11.4 Å². The largest absolute Gasteiger partial charge is 0.367 e. The third-order valence-corrected chi connectivity index (χ3v) is 6.14. The average Bonchev–Trinajstić information content (AvgIpc) is 2.78. The molecule has 0 spiro atoms. The molecule has 0 fully saturated rings. The fraction of sp³-hybridized carbons (Fsp3) is 0.346. The first-order chi connectivity index (χ1) is 14.9. The Kier molecular flexibility index (Phi) is 6.42. The van der Waals surface area contributed by atoms with E-state index in [-0.39, 0.29) is 5.78 Å². The van der Waals surface area contributed by atoms with Crippen LogP contribution in [-0.4, -0.2) is 22.3 Å². The zero-order chi connectivity index (χ0) is 22.0. The second-order valence-corrected chi connectivity index (χ2v) is 8.96. The highest BCUT2D eigenvalue weighted by molar-refractivity contribution is 7.79. The van der Waals surface area contributed by atoms with E-state index in [0.29, 0.717) is 18.1 Å². The van der Waals surface area contributed by atoms with Gasteiger partial charge in [-0.3, -0.25) is 4.79 Å². The normalized spacial score (nSPS) is 13.4. The molecule has 5 heteroatoms. The molecule has 0 saturated carbocycles. The minimum absolute atomic E-state index is 0.157. The summed E-state index contributed by atoms with van der Waals surface area (Å²) in [6, 6.07) is 14.6. The van der Waals surface area contributed by atoms with Gasteiger partial charge in [-0.1, -0.05) is 38.1 Å². The van der Waals surface area contributed by atoms with Crippen LogP contribution >= 0.6 is 12.6 Å². The summed E-state index contributed by atoms with van der Waals surface area (Å²) in [7, 11) is 0. The minimum Gasteiger partial charge on any atom is -0.367 e. The number of anilines is 1. The number of fused-ring (bicyclic) bond motifs is 1. The van der Waals surface area contributed by atoms with Gasteiger partial charge in [-0.15, -0.1) is 0 Å². The first kappa shape index (κ1) is 21.6. The highest BCUT2D eigenvalue weighted by Crippen LogP contribution is 2.26. The standard InChI is InChI=1S/C26H29N3OS/c1-17(2)20-6-4-5-19(11-20)12-25(30)21-9-18(3)10-23(13-21)29-8-7-24-22(15-29)14-27-26(16-31)28-24/h4-6,9-11,13-14,17,31H,7-8,12,15-16H2,1-3H3. The summed E-state index contributed by atoms with van der Waals surface area (Å²) >= 11 is 4.28. The monoisotopic (exact) mass is 431 g/mol. The van der Waals surface area contributed by atoms with Crippen molar-refractivity contribution in [2.45, 2.75) is 51.8 Å². The van der Waals surface area contributed by atoms with Crippen LogP contribution in [-0.2, 0) is 25.1 Å². The number of hydrogen-bond donors (Lipinski definition) is 1. The van der Waals surface area contributed by atoms with Crippen LogP contribution < -0.4 is 4.90 Å². The number of aryl methyl sites for hydroxylation is 1. The molecule has 0 saturated heterocycles. The number of thiol groups is 1. The second kappa shape index (κ2) is 9.23. The van der Waals surface area contributed by atoms with Crippen LogP contribution in [0.1, 0.15) is 63.9 Å². The Hall–Kier alpha value is -2.66. The Labute approximate surface area is 190 Å². The second-order valence-electron chi connectivity index (χ2n) is 8.64. The number of ketones is 1. The fourth-order valence-electron chi connectivity index (χ4n) is 4.11. The lowest BCUT2D eigenvalue weighted by Gasteiger charge is -2.30. The highest BCUT2D eigenvalue weighted by atomic mass is 32.1. The molecule has 1 aliphatic heterocycles. The van der Waals surface area contributed by atoms with Crippen molar-refractivity contribution in [3.05, 3.63) is 88.0 Å². The summed E-state index contributed by atoms with van der Waals surface area (Å²) in [5.74, 6) is 1.95. The van der Waals surface area contributed by atoms with E-state index in [9.17, 15) is 4.79 Å². The van der Waals surface area contributed by atoms with Crippen LogP contribution in [0, 0.1) is 6.92 Å². The van der Waals surface area contributed by atoms with E-state index in [0.717, 1.165) is 59.0 Å². The van der Waals surface area contributed by atoms with Gasteiger partial charge in [0.2, 0.25) is 0 Å². The van der Waals surface area contributed by atoms with Crippen molar-refractivity contribution in [1.82, 2.24) is 9.97 Å². The molecular formula is C26H29N3OS. The summed E-state index contributed by atoms with van der Waals surface area (Å²) in [4.78, 5) is 24.4. The molecule has 2 heterocycles. The van der Waals surface area contributed by atoms with Crippen LogP contribution in [0.15, 0.2) is 48.7 Å². The summed E-state index contributed by atoms with van der Waals surface area (Å²) in [5, 5.41) is 0. The van der Waals surface area contributed by atoms with Crippen LogP contribution in [0.4, 0.5) is 5.69 Å². The lowest BCUT2D eigenvalue weighted by Crippen LogP contribution is -2.31. The molecule has 0 aliphatic carbocycles. The first-order valence-electron chi connectivity index (χ1n) is 10.9. The van der Waals surface area contributed by atoms with Gasteiger partial charge in [0.15, 0.2) is 5.78 Å². The Balaban J connectivity index is 1.54. The quantitative estimate of drug-likeness (QED) is 0.423. The van der Waals surface area contributed by atoms with Crippen molar-refractivity contribution in [3.8, 4) is 0 Å². The lowest BCUT2D eigenvalue weighted by atomic mass is 9.96. The molecule has 3 aromatic rings. The lowest BCUT2D eigenvalue weighted by molar-refractivity contribution is 0.0993. The van der Waals surface area contributed by atoms with Gasteiger partial charge >= 0.3 is 0 Å². The molecule has 4 nitrogen and oxygen atoms in total. The van der Waals surface area contributed by atoms with Crippen molar-refractivity contribution in [1.29, 1.82) is 0 Å². The number of nitrogens with zero attached hydrogens (tertiary/aromatic N) is 3. The number of carbonyl (C=O) groups is 1. The van der Waals surface area contributed by atoms with Crippen LogP contribution in [0.2, 0.25) is 0 Å². The van der Waals surface area contributed by atoms with Crippen LogP contribution in [0.25, 0.3) is 0 Å². The predicted molar refractivity (Wildman–Crippen MR) is 129 cm³/mol. The van der Waals surface area contributed by atoms with Gasteiger partial charge in [0.25, 0.3) is 0 Å². The fourth-order valence-corrected chi connectivity index (χ4v) is 4.26. The van der Waals surface area contributed by atoms with Gasteiger partial charge in [-0.2, -0.15) is 12.6 Å². The van der Waals surface area contributed by atoms with E-state index in [2.05, 4.69) is 66.5 Å². The molecule has 0 unspecified atom stereocenters. The minimum atomic E-state index is 0.157. The highest BCUT2D eigenvalue weighted by Gasteiger charge is 2.20. The van der Waals surface area contributed by atoms with Crippen molar-refractivity contribution in [3.63, 3.8) is 0 Å². The van der Waals surface area contributed by atoms with Crippen molar-refractivity contribution in [2.24, 2.45) is 0 Å². The van der Waals surface area contributed by atoms with E-state index >= 15 is 0 Å². The Bertz CT molecular complexity index is 1110. The number of benzene rings is 2. The van der Waals surface area contributed by atoms with Crippen LogP contribution in [0.5, 0.6) is 0 Å². The molecule has 160 valence electrons. The van der Waals surface area contributed by atoms with Gasteiger partial charge in [0.1, 0.15) is 5.82 Å². The van der Waals surface area contributed by atoms with E-state index in [1.807, 2.05) is 30.5 Å². The molecular weight excluding hydrogens is 402 g/mol. The maximum Gasteiger partial charge on any atom is 0.167 e. The van der Waals surface area contributed by atoms with E-state index in [4.69, 9.17) is 0 Å². The summed E-state index contributed by atoms with van der Waals surface area (Å²) in [6.45, 7) is 8.04. The molecule has 0 amide bonds. The van der Waals surface area contributed by atoms with Crippen LogP contribution in [0.3, 0.4) is 0 Å². The Morgan fingerprint density at radius 2 is 2.03 bits per heavy atom. The average molecular weight is 432 g/mol. The number of hydrogen-bond acceptors (Lipinski definition) is 5. The molecule has 31 heavy (non-hydrogen) atoms. The number of aromatic nitrogens is 2. The van der Waals surface area contributed by atoms with Crippen molar-refractivity contribution >= 4 is 24.1 Å². The zero-order valence-electron chi connectivity index (χ0n) is 18.4. The Morgan fingerprint density at radius 3 is 2.81 bits per heavy atom. The summed E-state index contributed by atoms with van der Waals surface area (Å²) in [6.07, 6.45) is 3.22. The van der Waals surface area contributed by atoms with Gasteiger partial charge in [0, 0.05) is 48.9 Å². The van der Waals surface area contributed by atoms with E-state index in [1.54, 1.807) is 0 Å². The van der Waals surface area contributed by atoms with Gasteiger partial charge in [-0.25, -0.2) is 9.97 Å². The zero-order valence-corrected chi connectivity index (χ0v) is 19.3. The maximum atomic E-state index is 13.1. The molecule has 0 bridgehead atoms.